The summed E-state index contributed by atoms with van der Waals surface area (Å²) >= 11 is 1.73. The molecular formula is C15H15N3S. The molecule has 3 nitrogen and oxygen atoms in total. The smallest absolute Gasteiger partial charge is 0.0809 e. The molecular weight excluding hydrogens is 254 g/mol. The number of nitrogens with one attached hydrogen (secondary N) is 1. The quantitative estimate of drug-likeness (QED) is 0.775. The highest BCUT2D eigenvalue weighted by Crippen LogP contribution is 2.25. The molecule has 0 radical (unpaired) electrons. The molecule has 3 rings (SSSR count). The van der Waals surface area contributed by atoms with Crippen LogP contribution in [0.5, 0.6) is 0 Å². The number of pyridine rings is 2. The molecule has 0 aromatic carbocycles. The molecule has 3 aromatic rings. The lowest BCUT2D eigenvalue weighted by Crippen LogP contribution is -2.08. The topological polar surface area (TPSA) is 37.8 Å². The lowest BCUT2D eigenvalue weighted by atomic mass is 10.1. The summed E-state index contributed by atoms with van der Waals surface area (Å²) in [7, 11) is 0. The summed E-state index contributed by atoms with van der Waals surface area (Å²) in [5, 5.41) is 5.56. The van der Waals surface area contributed by atoms with Gasteiger partial charge in [-0.1, -0.05) is 0 Å². The summed E-state index contributed by atoms with van der Waals surface area (Å²) in [6, 6.07) is 6.47. The fourth-order valence-corrected chi connectivity index (χ4v) is 2.82. The van der Waals surface area contributed by atoms with Gasteiger partial charge >= 0.3 is 0 Å². The third-order valence-electron chi connectivity index (χ3n) is 3.23. The third kappa shape index (κ3) is 2.44. The predicted octanol–water partition coefficient (Wildman–Crippen LogP) is 4.17. The molecule has 1 N–H and O–H groups in total. The Morgan fingerprint density at radius 3 is 3.00 bits per heavy atom. The minimum atomic E-state index is 0.210. The van der Waals surface area contributed by atoms with Gasteiger partial charge < -0.3 is 5.32 Å². The summed E-state index contributed by atoms with van der Waals surface area (Å²) in [5.41, 5.74) is 4.53. The third-order valence-corrected chi connectivity index (χ3v) is 4.09. The highest BCUT2D eigenvalue weighted by molar-refractivity contribution is 7.17. The van der Waals surface area contributed by atoms with E-state index in [4.69, 9.17) is 0 Å². The monoisotopic (exact) mass is 269 g/mol. The van der Waals surface area contributed by atoms with Crippen molar-refractivity contribution in [3.05, 3.63) is 53.3 Å². The number of nitrogens with zero attached hydrogens (tertiary/aromatic N) is 2. The highest BCUT2D eigenvalue weighted by Gasteiger charge is 2.08. The minimum Gasteiger partial charge on any atom is -0.377 e. The molecule has 0 amide bonds. The van der Waals surface area contributed by atoms with Gasteiger partial charge in [0.15, 0.2) is 0 Å². The van der Waals surface area contributed by atoms with E-state index in [-0.39, 0.29) is 6.04 Å². The van der Waals surface area contributed by atoms with Gasteiger partial charge in [-0.3, -0.25) is 9.97 Å². The molecule has 0 aliphatic heterocycles. The van der Waals surface area contributed by atoms with Crippen molar-refractivity contribution in [3.63, 3.8) is 0 Å². The van der Waals surface area contributed by atoms with Crippen molar-refractivity contribution in [1.29, 1.82) is 0 Å². The maximum atomic E-state index is 4.48. The maximum absolute atomic E-state index is 4.48. The Kier molecular flexibility index (Phi) is 3.17. The molecule has 0 saturated heterocycles. The van der Waals surface area contributed by atoms with Gasteiger partial charge in [-0.05, 0) is 48.6 Å². The molecule has 0 spiro atoms. The lowest BCUT2D eigenvalue weighted by Gasteiger charge is -2.16. The van der Waals surface area contributed by atoms with Crippen molar-refractivity contribution in [1.82, 2.24) is 9.97 Å². The van der Waals surface area contributed by atoms with Crippen LogP contribution in [0.4, 0.5) is 5.69 Å². The van der Waals surface area contributed by atoms with Crippen LogP contribution in [0.15, 0.2) is 42.2 Å². The molecule has 0 saturated carbocycles. The van der Waals surface area contributed by atoms with E-state index in [0.29, 0.717) is 0 Å². The molecule has 1 atom stereocenters. The zero-order chi connectivity index (χ0) is 13.2. The largest absolute Gasteiger partial charge is 0.377 e. The number of anilines is 1. The molecule has 96 valence electrons. The maximum Gasteiger partial charge on any atom is 0.0809 e. The van der Waals surface area contributed by atoms with Crippen LogP contribution in [0.2, 0.25) is 0 Å². The number of thiophene rings is 1. The average Bonchev–Trinajstić information content (AvgIpc) is 2.88. The van der Waals surface area contributed by atoms with Gasteiger partial charge in [0, 0.05) is 12.4 Å². The van der Waals surface area contributed by atoms with Crippen molar-refractivity contribution in [2.24, 2.45) is 0 Å². The Labute approximate surface area is 116 Å². The van der Waals surface area contributed by atoms with Crippen LogP contribution < -0.4 is 5.32 Å². The molecule has 0 bridgehead atoms. The van der Waals surface area contributed by atoms with E-state index in [0.717, 1.165) is 11.2 Å². The van der Waals surface area contributed by atoms with Crippen molar-refractivity contribution in [2.45, 2.75) is 19.9 Å². The van der Waals surface area contributed by atoms with E-state index in [9.17, 15) is 0 Å². The van der Waals surface area contributed by atoms with E-state index in [1.54, 1.807) is 11.3 Å². The van der Waals surface area contributed by atoms with Crippen LogP contribution in [0.25, 0.3) is 10.2 Å². The summed E-state index contributed by atoms with van der Waals surface area (Å²) in [5.74, 6) is 0. The second-order valence-corrected chi connectivity index (χ2v) is 5.58. The van der Waals surface area contributed by atoms with E-state index in [1.165, 1.54) is 15.8 Å². The van der Waals surface area contributed by atoms with Gasteiger partial charge in [-0.15, -0.1) is 11.3 Å². The molecule has 1 unspecified atom stereocenters. The van der Waals surface area contributed by atoms with Crippen LogP contribution in [-0.4, -0.2) is 9.97 Å². The van der Waals surface area contributed by atoms with E-state index in [1.807, 2.05) is 30.7 Å². The Bertz CT molecular complexity index is 705. The number of aryl methyl sites for hydroxylation is 1. The van der Waals surface area contributed by atoms with Crippen LogP contribution in [0, 0.1) is 6.92 Å². The van der Waals surface area contributed by atoms with Crippen molar-refractivity contribution in [2.75, 3.05) is 5.32 Å². The van der Waals surface area contributed by atoms with E-state index < -0.39 is 0 Å². The zero-order valence-corrected chi connectivity index (χ0v) is 11.7. The lowest BCUT2D eigenvalue weighted by molar-refractivity contribution is 0.876. The van der Waals surface area contributed by atoms with Gasteiger partial charge in [0.25, 0.3) is 0 Å². The fraction of sp³-hybridized carbons (Fsp3) is 0.200. The Balaban J connectivity index is 1.87. The number of aromatic nitrogens is 2. The number of hydrogen-bond acceptors (Lipinski definition) is 4. The first-order valence-corrected chi connectivity index (χ1v) is 7.12. The molecule has 3 aromatic heterocycles. The van der Waals surface area contributed by atoms with Gasteiger partial charge in [-0.25, -0.2) is 0 Å². The molecule has 0 fully saturated rings. The van der Waals surface area contributed by atoms with E-state index in [2.05, 4.69) is 40.6 Å². The molecule has 19 heavy (non-hydrogen) atoms. The van der Waals surface area contributed by atoms with Gasteiger partial charge in [0.1, 0.15) is 0 Å². The van der Waals surface area contributed by atoms with Crippen LogP contribution in [-0.2, 0) is 0 Å². The molecule has 0 aliphatic rings. The minimum absolute atomic E-state index is 0.210. The summed E-state index contributed by atoms with van der Waals surface area (Å²) in [4.78, 5) is 8.64. The second-order valence-electron chi connectivity index (χ2n) is 4.63. The van der Waals surface area contributed by atoms with Crippen molar-refractivity contribution >= 4 is 27.2 Å². The summed E-state index contributed by atoms with van der Waals surface area (Å²) in [6.45, 7) is 4.22. The van der Waals surface area contributed by atoms with Crippen LogP contribution in [0.3, 0.4) is 0 Å². The van der Waals surface area contributed by atoms with Gasteiger partial charge in [-0.2, -0.15) is 0 Å². The summed E-state index contributed by atoms with van der Waals surface area (Å²) in [6.07, 6.45) is 5.62. The molecule has 0 aliphatic carbocycles. The highest BCUT2D eigenvalue weighted by atomic mass is 32.1. The SMILES string of the molecule is Cc1ccncc1NC(C)c1cnc2ccsc2c1. The average molecular weight is 269 g/mol. The zero-order valence-electron chi connectivity index (χ0n) is 10.9. The molecule has 4 heteroatoms. The first-order chi connectivity index (χ1) is 9.24. The number of fused-ring (bicyclic) bond motifs is 1. The Morgan fingerprint density at radius 1 is 1.26 bits per heavy atom. The number of hydrogen-bond donors (Lipinski definition) is 1. The second kappa shape index (κ2) is 4.97. The van der Waals surface area contributed by atoms with Gasteiger partial charge in [0.05, 0.1) is 28.1 Å². The molecule has 3 heterocycles. The van der Waals surface area contributed by atoms with Gasteiger partial charge in [0.2, 0.25) is 0 Å². The Hall–Kier alpha value is -1.94. The first-order valence-electron chi connectivity index (χ1n) is 6.24. The van der Waals surface area contributed by atoms with Crippen molar-refractivity contribution < 1.29 is 0 Å². The normalized spacial score (nSPS) is 12.5. The number of rotatable bonds is 3. The fourth-order valence-electron chi connectivity index (χ4n) is 2.03. The van der Waals surface area contributed by atoms with Crippen molar-refractivity contribution in [3.8, 4) is 0 Å². The van der Waals surface area contributed by atoms with E-state index >= 15 is 0 Å². The Morgan fingerprint density at radius 2 is 2.16 bits per heavy atom. The standard InChI is InChI=1S/C15H15N3S/c1-10-3-5-16-9-14(10)18-11(2)12-7-15-13(17-8-12)4-6-19-15/h3-9,11,18H,1-2H3. The van der Waals surface area contributed by atoms with Crippen LogP contribution >= 0.6 is 11.3 Å². The van der Waals surface area contributed by atoms with Crippen LogP contribution in [0.1, 0.15) is 24.1 Å². The predicted molar refractivity (Wildman–Crippen MR) is 80.6 cm³/mol. The first kappa shape index (κ1) is 12.1. The summed E-state index contributed by atoms with van der Waals surface area (Å²) < 4.78 is 1.23.